The first kappa shape index (κ1) is 27.7. The van der Waals surface area contributed by atoms with Gasteiger partial charge in [-0.25, -0.2) is 9.78 Å². The van der Waals surface area contributed by atoms with Crippen molar-refractivity contribution in [3.63, 3.8) is 0 Å². The Morgan fingerprint density at radius 1 is 1.05 bits per heavy atom. The second-order valence-corrected chi connectivity index (χ2v) is 11.7. The van der Waals surface area contributed by atoms with E-state index in [2.05, 4.69) is 10.3 Å². The third-order valence-corrected chi connectivity index (χ3v) is 7.16. The van der Waals surface area contributed by atoms with Gasteiger partial charge in [0.15, 0.2) is 0 Å². The lowest BCUT2D eigenvalue weighted by atomic mass is 9.97. The molecule has 208 valence electrons. The van der Waals surface area contributed by atoms with Gasteiger partial charge in [-0.3, -0.25) is 4.79 Å². The largest absolute Gasteiger partial charge is 0.456 e. The van der Waals surface area contributed by atoms with E-state index in [1.165, 1.54) is 0 Å². The van der Waals surface area contributed by atoms with E-state index < -0.39 is 5.60 Å². The number of carbonyl (C=O) groups excluding carboxylic acids is 2. The molecule has 1 aliphatic rings. The standard InChI is InChI=1S/C32H34ClN3O4/c1-32(2,3)40-31(38)36-14-12-21(13-15-36)20-34-30(37)27-11-7-10-26(35-27)18-23-16-25(33)17-24-19-28(39-29(23)24)22-8-5-4-6-9-22/h4-11,16-17,19,21H,12-15,18,20H2,1-3H3,(H,34,37). The number of hydrogen-bond acceptors (Lipinski definition) is 5. The van der Waals surface area contributed by atoms with Crippen LogP contribution in [0.2, 0.25) is 5.02 Å². The van der Waals surface area contributed by atoms with E-state index in [1.807, 2.05) is 81.4 Å². The molecule has 7 nitrogen and oxygen atoms in total. The number of furan rings is 1. The molecule has 2 aromatic carbocycles. The lowest BCUT2D eigenvalue weighted by Gasteiger charge is -2.33. The molecule has 0 saturated carbocycles. The summed E-state index contributed by atoms with van der Waals surface area (Å²) >= 11 is 6.44. The second kappa shape index (κ2) is 11.7. The van der Waals surface area contributed by atoms with Gasteiger partial charge < -0.3 is 19.4 Å². The number of benzene rings is 2. The van der Waals surface area contributed by atoms with E-state index >= 15 is 0 Å². The Labute approximate surface area is 239 Å². The van der Waals surface area contributed by atoms with Crippen LogP contribution in [-0.2, 0) is 11.2 Å². The van der Waals surface area contributed by atoms with Crippen molar-refractivity contribution in [3.05, 3.63) is 88.7 Å². The summed E-state index contributed by atoms with van der Waals surface area (Å²) in [6.45, 7) is 7.38. The average Bonchev–Trinajstić information content (AvgIpc) is 3.36. The molecule has 4 aromatic rings. The molecule has 1 aliphatic heterocycles. The van der Waals surface area contributed by atoms with Crippen LogP contribution in [0.4, 0.5) is 4.79 Å². The fraction of sp³-hybridized carbons (Fsp3) is 0.344. The number of rotatable bonds is 6. The molecule has 2 aromatic heterocycles. The maximum Gasteiger partial charge on any atom is 0.410 e. The highest BCUT2D eigenvalue weighted by molar-refractivity contribution is 6.31. The number of ether oxygens (including phenoxy) is 1. The van der Waals surface area contributed by atoms with Gasteiger partial charge in [0.1, 0.15) is 22.6 Å². The summed E-state index contributed by atoms with van der Waals surface area (Å²) in [7, 11) is 0. The van der Waals surface area contributed by atoms with E-state index in [-0.39, 0.29) is 12.0 Å². The van der Waals surface area contributed by atoms with E-state index in [1.54, 1.807) is 11.0 Å². The summed E-state index contributed by atoms with van der Waals surface area (Å²) in [4.78, 5) is 31.6. The fourth-order valence-electron chi connectivity index (χ4n) is 4.93. The number of pyridine rings is 1. The number of carbonyl (C=O) groups is 2. The fourth-order valence-corrected chi connectivity index (χ4v) is 5.18. The van der Waals surface area contributed by atoms with Crippen LogP contribution in [0.15, 0.2) is 71.1 Å². The highest BCUT2D eigenvalue weighted by atomic mass is 35.5. The molecule has 5 rings (SSSR count). The van der Waals surface area contributed by atoms with Gasteiger partial charge in [-0.2, -0.15) is 0 Å². The molecule has 3 heterocycles. The summed E-state index contributed by atoms with van der Waals surface area (Å²) in [5.74, 6) is 0.859. The van der Waals surface area contributed by atoms with E-state index in [0.29, 0.717) is 42.7 Å². The molecule has 1 fully saturated rings. The molecule has 0 bridgehead atoms. The summed E-state index contributed by atoms with van der Waals surface area (Å²) < 4.78 is 11.7. The number of likely N-dealkylation sites (tertiary alicyclic amines) is 1. The van der Waals surface area contributed by atoms with Crippen LogP contribution >= 0.6 is 11.6 Å². The Bertz CT molecular complexity index is 1500. The van der Waals surface area contributed by atoms with Crippen molar-refractivity contribution < 1.29 is 18.7 Å². The van der Waals surface area contributed by atoms with Crippen LogP contribution < -0.4 is 5.32 Å². The van der Waals surface area contributed by atoms with Crippen LogP contribution in [0.5, 0.6) is 0 Å². The molecule has 0 spiro atoms. The summed E-state index contributed by atoms with van der Waals surface area (Å²) in [6, 6.07) is 21.2. The highest BCUT2D eigenvalue weighted by Crippen LogP contribution is 2.33. The number of aromatic nitrogens is 1. The third-order valence-electron chi connectivity index (χ3n) is 6.94. The Kier molecular flexibility index (Phi) is 8.12. The molecule has 1 N–H and O–H groups in total. The van der Waals surface area contributed by atoms with Crippen molar-refractivity contribution in [1.82, 2.24) is 15.2 Å². The van der Waals surface area contributed by atoms with Crippen LogP contribution in [0.3, 0.4) is 0 Å². The molecule has 1 saturated heterocycles. The number of nitrogens with zero attached hydrogens (tertiary/aromatic N) is 2. The SMILES string of the molecule is CC(C)(C)OC(=O)N1CCC(CNC(=O)c2cccc(Cc3cc(Cl)cc4cc(-c5ccccc5)oc34)n2)CC1. The summed E-state index contributed by atoms with van der Waals surface area (Å²) in [5, 5.41) is 4.57. The van der Waals surface area contributed by atoms with E-state index in [0.717, 1.165) is 46.4 Å². The van der Waals surface area contributed by atoms with Gasteiger partial charge in [-0.15, -0.1) is 0 Å². The van der Waals surface area contributed by atoms with Gasteiger partial charge in [0.2, 0.25) is 0 Å². The lowest BCUT2D eigenvalue weighted by Crippen LogP contribution is -2.43. The lowest BCUT2D eigenvalue weighted by molar-refractivity contribution is 0.0183. The van der Waals surface area contributed by atoms with Crippen molar-refractivity contribution >= 4 is 34.6 Å². The highest BCUT2D eigenvalue weighted by Gasteiger charge is 2.27. The van der Waals surface area contributed by atoms with Crippen molar-refractivity contribution in [1.29, 1.82) is 0 Å². The number of amides is 2. The average molecular weight is 560 g/mol. The Hall–Kier alpha value is -3.84. The van der Waals surface area contributed by atoms with Crippen LogP contribution in [0.1, 0.15) is 55.4 Å². The molecule has 40 heavy (non-hydrogen) atoms. The van der Waals surface area contributed by atoms with E-state index in [9.17, 15) is 9.59 Å². The maximum absolute atomic E-state index is 13.0. The molecule has 2 amide bonds. The van der Waals surface area contributed by atoms with Crippen molar-refractivity contribution in [2.24, 2.45) is 5.92 Å². The molecule has 0 aliphatic carbocycles. The van der Waals surface area contributed by atoms with Gasteiger partial charge in [0.05, 0.1) is 0 Å². The molecular formula is C32H34ClN3O4. The third kappa shape index (κ3) is 6.83. The first-order valence-corrected chi connectivity index (χ1v) is 14.0. The van der Waals surface area contributed by atoms with Gasteiger partial charge in [0.25, 0.3) is 5.91 Å². The minimum Gasteiger partial charge on any atom is -0.456 e. The first-order chi connectivity index (χ1) is 19.1. The Morgan fingerprint density at radius 3 is 2.52 bits per heavy atom. The quantitative estimate of drug-likeness (QED) is 0.272. The second-order valence-electron chi connectivity index (χ2n) is 11.3. The van der Waals surface area contributed by atoms with Crippen molar-refractivity contribution in [2.75, 3.05) is 19.6 Å². The zero-order valence-corrected chi connectivity index (χ0v) is 23.8. The zero-order chi connectivity index (χ0) is 28.3. The number of piperidine rings is 1. The van der Waals surface area contributed by atoms with Gasteiger partial charge in [-0.05, 0) is 69.9 Å². The maximum atomic E-state index is 13.0. The van der Waals surface area contributed by atoms with Gasteiger partial charge in [0, 0.05) is 53.3 Å². The van der Waals surface area contributed by atoms with E-state index in [4.69, 9.17) is 20.8 Å². The Balaban J connectivity index is 1.21. The predicted octanol–water partition coefficient (Wildman–Crippen LogP) is 7.12. The number of hydrogen-bond donors (Lipinski definition) is 1. The monoisotopic (exact) mass is 559 g/mol. The smallest absolute Gasteiger partial charge is 0.410 e. The summed E-state index contributed by atoms with van der Waals surface area (Å²) in [6.07, 6.45) is 1.82. The Morgan fingerprint density at radius 2 is 1.80 bits per heavy atom. The molecular weight excluding hydrogens is 526 g/mol. The normalized spacial score (nSPS) is 14.3. The minimum atomic E-state index is -0.509. The predicted molar refractivity (Wildman–Crippen MR) is 157 cm³/mol. The molecule has 0 radical (unpaired) electrons. The number of nitrogens with one attached hydrogen (secondary N) is 1. The molecule has 8 heteroatoms. The number of halogens is 1. The number of fused-ring (bicyclic) bond motifs is 1. The summed E-state index contributed by atoms with van der Waals surface area (Å²) in [5.41, 5.74) is 3.27. The first-order valence-electron chi connectivity index (χ1n) is 13.6. The van der Waals surface area contributed by atoms with Crippen LogP contribution in [0, 0.1) is 5.92 Å². The topological polar surface area (TPSA) is 84.7 Å². The van der Waals surface area contributed by atoms with Gasteiger partial charge >= 0.3 is 6.09 Å². The van der Waals surface area contributed by atoms with Crippen molar-refractivity contribution in [2.45, 2.75) is 45.6 Å². The zero-order valence-electron chi connectivity index (χ0n) is 23.1. The van der Waals surface area contributed by atoms with Crippen molar-refractivity contribution in [3.8, 4) is 11.3 Å². The minimum absolute atomic E-state index is 0.211. The molecule has 0 unspecified atom stereocenters. The molecule has 0 atom stereocenters. The van der Waals surface area contributed by atoms with Crippen LogP contribution in [0.25, 0.3) is 22.3 Å². The van der Waals surface area contributed by atoms with Gasteiger partial charge in [-0.1, -0.05) is 48.0 Å². The van der Waals surface area contributed by atoms with Crippen LogP contribution in [-0.4, -0.2) is 47.1 Å².